The zero-order chi connectivity index (χ0) is 16.2. The summed E-state index contributed by atoms with van der Waals surface area (Å²) in [7, 11) is 0. The van der Waals surface area contributed by atoms with Crippen LogP contribution in [0.1, 0.15) is 38.1 Å². The molecule has 0 amide bonds. The Kier molecular flexibility index (Phi) is 5.72. The number of hydrogen-bond acceptors (Lipinski definition) is 6. The van der Waals surface area contributed by atoms with E-state index in [9.17, 15) is 14.4 Å². The molecule has 1 aromatic carbocycles. The highest BCUT2D eigenvalue weighted by atomic mass is 35.5. The Labute approximate surface area is 126 Å². The highest BCUT2D eigenvalue weighted by Gasteiger charge is 2.21. The number of esters is 2. The van der Waals surface area contributed by atoms with Crippen molar-refractivity contribution in [2.45, 2.75) is 33.8 Å². The third-order valence-corrected chi connectivity index (χ3v) is 2.33. The maximum absolute atomic E-state index is 11.3. The van der Waals surface area contributed by atoms with Crippen molar-refractivity contribution >= 4 is 28.8 Å². The van der Waals surface area contributed by atoms with E-state index in [-0.39, 0.29) is 28.9 Å². The molecule has 6 nitrogen and oxygen atoms in total. The smallest absolute Gasteiger partial charge is 0.308 e. The minimum absolute atomic E-state index is 0.0551. The Morgan fingerprint density at radius 2 is 1.52 bits per heavy atom. The van der Waals surface area contributed by atoms with Crippen LogP contribution in [-0.4, -0.2) is 23.3 Å². The Balaban J connectivity index is 3.46. The average molecular weight is 315 g/mol. The fraction of sp³-hybridized carbons (Fsp3) is 0.357. The zero-order valence-corrected chi connectivity index (χ0v) is 12.8. The van der Waals surface area contributed by atoms with Gasteiger partial charge in [0, 0.05) is 19.4 Å². The van der Waals surface area contributed by atoms with E-state index in [1.54, 1.807) is 13.8 Å². The molecule has 0 bridgehead atoms. The molecule has 0 spiro atoms. The molecule has 0 atom stereocenters. The molecule has 0 heterocycles. The minimum atomic E-state index is -0.758. The third kappa shape index (κ3) is 5.07. The van der Waals surface area contributed by atoms with Gasteiger partial charge in [-0.15, -0.1) is 0 Å². The van der Waals surface area contributed by atoms with Crippen LogP contribution in [0.4, 0.5) is 0 Å². The quantitative estimate of drug-likeness (QED) is 0.472. The van der Waals surface area contributed by atoms with Gasteiger partial charge in [0.15, 0.2) is 11.5 Å². The summed E-state index contributed by atoms with van der Waals surface area (Å²) in [4.78, 5) is 33.7. The van der Waals surface area contributed by atoms with Gasteiger partial charge in [0.25, 0.3) is 5.24 Å². The van der Waals surface area contributed by atoms with Crippen LogP contribution in [0.2, 0.25) is 0 Å². The second kappa shape index (κ2) is 7.08. The molecular weight excluding hydrogens is 300 g/mol. The highest BCUT2D eigenvalue weighted by molar-refractivity contribution is 6.67. The Hall–Kier alpha value is -2.08. The van der Waals surface area contributed by atoms with Gasteiger partial charge in [-0.25, -0.2) is 0 Å². The molecule has 0 aliphatic carbocycles. The maximum Gasteiger partial charge on any atom is 0.308 e. The van der Waals surface area contributed by atoms with E-state index in [1.165, 1.54) is 26.0 Å². The lowest BCUT2D eigenvalue weighted by Crippen LogP contribution is -2.12. The molecule has 0 saturated heterocycles. The van der Waals surface area contributed by atoms with Crippen molar-refractivity contribution in [2.75, 3.05) is 0 Å². The number of carbonyl (C=O) groups is 3. The summed E-state index contributed by atoms with van der Waals surface area (Å²) in [5.74, 6) is -1.36. The van der Waals surface area contributed by atoms with Crippen LogP contribution in [0.15, 0.2) is 12.1 Å². The second-order valence-electron chi connectivity index (χ2n) is 4.43. The summed E-state index contributed by atoms with van der Waals surface area (Å²) in [5.41, 5.74) is 0.0551. The fourth-order valence-corrected chi connectivity index (χ4v) is 1.62. The lowest BCUT2D eigenvalue weighted by Gasteiger charge is -2.17. The van der Waals surface area contributed by atoms with Crippen molar-refractivity contribution in [1.29, 1.82) is 0 Å². The average Bonchev–Trinajstić information content (AvgIpc) is 2.30. The molecule has 7 heteroatoms. The van der Waals surface area contributed by atoms with Crippen molar-refractivity contribution in [3.05, 3.63) is 17.7 Å². The number of halogens is 1. The standard InChI is InChI=1S/C14H15ClO6/c1-7(2)19-11-5-10(14(15)18)6-12(20-8(3)16)13(11)21-9(4)17/h5-7H,1-4H3. The normalized spacial score (nSPS) is 10.2. The maximum atomic E-state index is 11.3. The molecule has 0 fully saturated rings. The van der Waals surface area contributed by atoms with Crippen molar-refractivity contribution < 1.29 is 28.6 Å². The minimum Gasteiger partial charge on any atom is -0.487 e. The van der Waals surface area contributed by atoms with Gasteiger partial charge < -0.3 is 14.2 Å². The number of ether oxygens (including phenoxy) is 3. The van der Waals surface area contributed by atoms with E-state index in [0.29, 0.717) is 0 Å². The van der Waals surface area contributed by atoms with E-state index in [0.717, 1.165) is 0 Å². The zero-order valence-electron chi connectivity index (χ0n) is 12.1. The molecule has 0 unspecified atom stereocenters. The molecule has 1 rings (SSSR count). The molecule has 0 N–H and O–H groups in total. The van der Waals surface area contributed by atoms with Crippen molar-refractivity contribution in [1.82, 2.24) is 0 Å². The summed E-state index contributed by atoms with van der Waals surface area (Å²) in [5, 5.41) is -0.758. The topological polar surface area (TPSA) is 78.9 Å². The molecular formula is C14H15ClO6. The Morgan fingerprint density at radius 3 is 1.95 bits per heavy atom. The van der Waals surface area contributed by atoms with Crippen LogP contribution in [-0.2, 0) is 9.59 Å². The summed E-state index contributed by atoms with van der Waals surface area (Å²) in [6.45, 7) is 5.86. The van der Waals surface area contributed by atoms with Gasteiger partial charge in [-0.05, 0) is 37.6 Å². The highest BCUT2D eigenvalue weighted by Crippen LogP contribution is 2.40. The predicted molar refractivity (Wildman–Crippen MR) is 75.0 cm³/mol. The number of rotatable bonds is 5. The first-order valence-corrected chi connectivity index (χ1v) is 6.50. The van der Waals surface area contributed by atoms with E-state index in [4.69, 9.17) is 25.8 Å². The van der Waals surface area contributed by atoms with Crippen LogP contribution >= 0.6 is 11.6 Å². The van der Waals surface area contributed by atoms with Crippen molar-refractivity contribution in [2.24, 2.45) is 0 Å². The molecule has 0 aliphatic rings. The summed E-state index contributed by atoms with van der Waals surface area (Å²) < 4.78 is 15.4. The van der Waals surface area contributed by atoms with Gasteiger partial charge in [0.05, 0.1) is 6.10 Å². The third-order valence-electron chi connectivity index (χ3n) is 2.11. The molecule has 114 valence electrons. The molecule has 0 radical (unpaired) electrons. The largest absolute Gasteiger partial charge is 0.487 e. The van der Waals surface area contributed by atoms with Crippen molar-refractivity contribution in [3.63, 3.8) is 0 Å². The molecule has 0 saturated carbocycles. The van der Waals surface area contributed by atoms with Crippen LogP contribution in [0.25, 0.3) is 0 Å². The SMILES string of the molecule is CC(=O)Oc1cc(C(=O)Cl)cc(OC(C)C)c1OC(C)=O. The summed E-state index contributed by atoms with van der Waals surface area (Å²) in [6.07, 6.45) is -0.259. The van der Waals surface area contributed by atoms with E-state index < -0.39 is 17.2 Å². The van der Waals surface area contributed by atoms with Gasteiger partial charge in [0.2, 0.25) is 5.75 Å². The Morgan fingerprint density at radius 1 is 1.00 bits per heavy atom. The molecule has 1 aromatic rings. The molecule has 0 aromatic heterocycles. The van der Waals surface area contributed by atoms with Crippen LogP contribution < -0.4 is 14.2 Å². The first-order valence-electron chi connectivity index (χ1n) is 6.12. The van der Waals surface area contributed by atoms with Crippen LogP contribution in [0.3, 0.4) is 0 Å². The molecule has 0 aliphatic heterocycles. The molecule has 21 heavy (non-hydrogen) atoms. The van der Waals surface area contributed by atoms with E-state index >= 15 is 0 Å². The number of carbonyl (C=O) groups excluding carboxylic acids is 3. The van der Waals surface area contributed by atoms with Gasteiger partial charge >= 0.3 is 11.9 Å². The number of hydrogen-bond donors (Lipinski definition) is 0. The van der Waals surface area contributed by atoms with Gasteiger partial charge in [-0.3, -0.25) is 14.4 Å². The lowest BCUT2D eigenvalue weighted by molar-refractivity contribution is -0.134. The van der Waals surface area contributed by atoms with Gasteiger partial charge in [-0.1, -0.05) is 0 Å². The first-order chi connectivity index (χ1) is 9.70. The lowest BCUT2D eigenvalue weighted by atomic mass is 10.2. The van der Waals surface area contributed by atoms with Gasteiger partial charge in [0.1, 0.15) is 0 Å². The number of benzene rings is 1. The van der Waals surface area contributed by atoms with E-state index in [2.05, 4.69) is 0 Å². The fourth-order valence-electron chi connectivity index (χ4n) is 1.51. The second-order valence-corrected chi connectivity index (χ2v) is 4.77. The first kappa shape index (κ1) is 17.0. The van der Waals surface area contributed by atoms with Crippen molar-refractivity contribution in [3.8, 4) is 17.2 Å². The van der Waals surface area contributed by atoms with Crippen LogP contribution in [0.5, 0.6) is 17.2 Å². The van der Waals surface area contributed by atoms with Gasteiger partial charge in [-0.2, -0.15) is 0 Å². The predicted octanol–water partition coefficient (Wildman–Crippen LogP) is 2.70. The summed E-state index contributed by atoms with van der Waals surface area (Å²) in [6, 6.07) is 2.53. The summed E-state index contributed by atoms with van der Waals surface area (Å²) >= 11 is 5.44. The monoisotopic (exact) mass is 314 g/mol. The Bertz CT molecular complexity index is 579. The van der Waals surface area contributed by atoms with E-state index in [1.807, 2.05) is 0 Å². The van der Waals surface area contributed by atoms with Crippen LogP contribution in [0, 0.1) is 0 Å².